The minimum atomic E-state index is -0.0487. The maximum Gasteiger partial charge on any atom is 0.328 e. The van der Waals surface area contributed by atoms with E-state index >= 15 is 0 Å². The molecular formula is C17H21N3O3. The number of fused-ring (bicyclic) bond motifs is 1. The van der Waals surface area contributed by atoms with Gasteiger partial charge in [-0.05, 0) is 25.5 Å². The molecule has 0 N–H and O–H groups in total. The highest BCUT2D eigenvalue weighted by Crippen LogP contribution is 2.21. The molecule has 23 heavy (non-hydrogen) atoms. The van der Waals surface area contributed by atoms with E-state index in [0.29, 0.717) is 12.4 Å². The van der Waals surface area contributed by atoms with Gasteiger partial charge in [-0.1, -0.05) is 6.92 Å². The van der Waals surface area contributed by atoms with Crippen LogP contribution in [0.3, 0.4) is 0 Å². The highest BCUT2D eigenvalue weighted by molar-refractivity contribution is 5.77. The van der Waals surface area contributed by atoms with Crippen LogP contribution in [0.1, 0.15) is 30.7 Å². The number of ether oxygens (including phenoxy) is 1. The Balaban J connectivity index is 1.82. The fraction of sp³-hybridized carbons (Fsp3) is 0.412. The third-order valence-corrected chi connectivity index (χ3v) is 4.01. The Morgan fingerprint density at radius 1 is 1.22 bits per heavy atom. The quantitative estimate of drug-likeness (QED) is 0.726. The van der Waals surface area contributed by atoms with Crippen LogP contribution >= 0.6 is 0 Å². The number of benzene rings is 1. The van der Waals surface area contributed by atoms with Crippen molar-refractivity contribution < 1.29 is 9.15 Å². The van der Waals surface area contributed by atoms with Crippen molar-refractivity contribution in [2.45, 2.75) is 33.3 Å². The summed E-state index contributed by atoms with van der Waals surface area (Å²) in [5.74, 6) is 2.20. The molecule has 1 aromatic carbocycles. The molecule has 0 aliphatic heterocycles. The second kappa shape index (κ2) is 5.95. The van der Waals surface area contributed by atoms with Crippen LogP contribution in [0.4, 0.5) is 0 Å². The van der Waals surface area contributed by atoms with Crippen LogP contribution in [0.15, 0.2) is 27.4 Å². The van der Waals surface area contributed by atoms with E-state index in [2.05, 4.69) is 11.9 Å². The second-order valence-electron chi connectivity index (χ2n) is 5.71. The van der Waals surface area contributed by atoms with Gasteiger partial charge in [-0.3, -0.25) is 9.13 Å². The van der Waals surface area contributed by atoms with Crippen molar-refractivity contribution in [1.29, 1.82) is 0 Å². The number of oxazole rings is 1. The van der Waals surface area contributed by atoms with Crippen molar-refractivity contribution >= 4 is 11.0 Å². The molecule has 0 bridgehead atoms. The number of hydrogen-bond acceptors (Lipinski definition) is 4. The Bertz CT molecular complexity index is 902. The Morgan fingerprint density at radius 2 is 1.96 bits per heavy atom. The van der Waals surface area contributed by atoms with Gasteiger partial charge >= 0.3 is 5.69 Å². The van der Waals surface area contributed by atoms with Gasteiger partial charge in [0.05, 0.1) is 16.7 Å². The predicted molar refractivity (Wildman–Crippen MR) is 87.7 cm³/mol. The Kier molecular flexibility index (Phi) is 3.98. The van der Waals surface area contributed by atoms with Gasteiger partial charge < -0.3 is 9.15 Å². The molecular weight excluding hydrogens is 294 g/mol. The number of rotatable bonds is 5. The highest BCUT2D eigenvalue weighted by Gasteiger charge is 2.12. The zero-order valence-electron chi connectivity index (χ0n) is 13.9. The molecule has 0 saturated heterocycles. The first kappa shape index (κ1) is 15.4. The molecule has 0 unspecified atom stereocenters. The number of imidazole rings is 1. The van der Waals surface area contributed by atoms with Crippen LogP contribution in [-0.2, 0) is 27.1 Å². The lowest BCUT2D eigenvalue weighted by Crippen LogP contribution is -2.19. The van der Waals surface area contributed by atoms with Gasteiger partial charge in [0.1, 0.15) is 12.4 Å². The van der Waals surface area contributed by atoms with Gasteiger partial charge in [0.15, 0.2) is 11.7 Å². The molecule has 0 aliphatic rings. The van der Waals surface area contributed by atoms with Crippen LogP contribution in [-0.4, -0.2) is 14.1 Å². The van der Waals surface area contributed by atoms with Gasteiger partial charge in [0.2, 0.25) is 0 Å². The molecule has 3 rings (SSSR count). The lowest BCUT2D eigenvalue weighted by Gasteiger charge is -2.05. The molecule has 0 saturated carbocycles. The highest BCUT2D eigenvalue weighted by atomic mass is 16.5. The van der Waals surface area contributed by atoms with E-state index in [1.54, 1.807) is 23.2 Å². The molecule has 6 heteroatoms. The fourth-order valence-electron chi connectivity index (χ4n) is 2.67. The summed E-state index contributed by atoms with van der Waals surface area (Å²) in [5.41, 5.74) is 2.54. The van der Waals surface area contributed by atoms with Crippen LogP contribution in [0.25, 0.3) is 11.0 Å². The Hall–Kier alpha value is -2.50. The lowest BCUT2D eigenvalue weighted by molar-refractivity contribution is 0.264. The van der Waals surface area contributed by atoms with Crippen molar-refractivity contribution in [2.75, 3.05) is 0 Å². The predicted octanol–water partition coefficient (Wildman–Crippen LogP) is 2.70. The third kappa shape index (κ3) is 2.76. The zero-order valence-corrected chi connectivity index (χ0v) is 13.9. The van der Waals surface area contributed by atoms with E-state index in [1.165, 1.54) is 0 Å². The van der Waals surface area contributed by atoms with Crippen molar-refractivity contribution in [2.24, 2.45) is 14.1 Å². The second-order valence-corrected chi connectivity index (χ2v) is 5.71. The van der Waals surface area contributed by atoms with Crippen molar-refractivity contribution in [3.63, 3.8) is 0 Å². The maximum atomic E-state index is 11.9. The van der Waals surface area contributed by atoms with Crippen molar-refractivity contribution in [3.8, 4) is 5.75 Å². The molecule has 0 spiro atoms. The summed E-state index contributed by atoms with van der Waals surface area (Å²) in [6.45, 7) is 4.34. The maximum absolute atomic E-state index is 11.9. The third-order valence-electron chi connectivity index (χ3n) is 4.01. The molecule has 3 aromatic rings. The summed E-state index contributed by atoms with van der Waals surface area (Å²) >= 11 is 0. The lowest BCUT2D eigenvalue weighted by atomic mass is 10.3. The molecule has 0 fully saturated rings. The van der Waals surface area contributed by atoms with Crippen LogP contribution in [0.2, 0.25) is 0 Å². The summed E-state index contributed by atoms with van der Waals surface area (Å²) in [4.78, 5) is 16.3. The number of aryl methyl sites for hydroxylation is 4. The molecule has 0 atom stereocenters. The summed E-state index contributed by atoms with van der Waals surface area (Å²) in [6, 6.07) is 5.62. The average molecular weight is 315 g/mol. The summed E-state index contributed by atoms with van der Waals surface area (Å²) in [7, 11) is 3.52. The summed E-state index contributed by atoms with van der Waals surface area (Å²) < 4.78 is 14.8. The molecule has 0 radical (unpaired) electrons. The van der Waals surface area contributed by atoms with E-state index in [9.17, 15) is 4.79 Å². The Labute approximate surface area is 134 Å². The number of nitrogens with zero attached hydrogens (tertiary/aromatic N) is 3. The standard InChI is InChI=1S/C17H21N3O3/c1-5-6-16-18-11(2)15(23-16)10-22-12-7-8-13-14(9-12)20(4)17(21)19(13)3/h7-9H,5-6,10H2,1-4H3. The van der Waals surface area contributed by atoms with Gasteiger partial charge in [-0.15, -0.1) is 0 Å². The van der Waals surface area contributed by atoms with E-state index in [-0.39, 0.29) is 5.69 Å². The molecule has 122 valence electrons. The van der Waals surface area contributed by atoms with Crippen molar-refractivity contribution in [3.05, 3.63) is 46.0 Å². The van der Waals surface area contributed by atoms with Gasteiger partial charge in [0, 0.05) is 26.6 Å². The topological polar surface area (TPSA) is 62.2 Å². The minimum absolute atomic E-state index is 0.0487. The monoisotopic (exact) mass is 315 g/mol. The van der Waals surface area contributed by atoms with Crippen molar-refractivity contribution in [1.82, 2.24) is 14.1 Å². The average Bonchev–Trinajstić information content (AvgIpc) is 2.99. The number of aromatic nitrogens is 3. The molecule has 2 aromatic heterocycles. The summed E-state index contributed by atoms with van der Waals surface area (Å²) in [5, 5.41) is 0. The van der Waals surface area contributed by atoms with E-state index in [4.69, 9.17) is 9.15 Å². The van der Waals surface area contributed by atoms with Crippen LogP contribution in [0.5, 0.6) is 5.75 Å². The summed E-state index contributed by atoms with van der Waals surface area (Å²) in [6.07, 6.45) is 1.83. The van der Waals surface area contributed by atoms with Gasteiger partial charge in [-0.2, -0.15) is 0 Å². The molecule has 0 amide bonds. The first-order valence-electron chi connectivity index (χ1n) is 7.74. The van der Waals surface area contributed by atoms with Gasteiger partial charge in [0.25, 0.3) is 0 Å². The molecule has 6 nitrogen and oxygen atoms in total. The van der Waals surface area contributed by atoms with Gasteiger partial charge in [-0.25, -0.2) is 9.78 Å². The Morgan fingerprint density at radius 3 is 2.70 bits per heavy atom. The zero-order chi connectivity index (χ0) is 16.6. The number of hydrogen-bond donors (Lipinski definition) is 0. The van der Waals surface area contributed by atoms with Crippen LogP contribution in [0, 0.1) is 6.92 Å². The van der Waals surface area contributed by atoms with E-state index in [1.807, 2.05) is 25.1 Å². The van der Waals surface area contributed by atoms with E-state index in [0.717, 1.165) is 41.2 Å². The smallest absolute Gasteiger partial charge is 0.328 e. The largest absolute Gasteiger partial charge is 0.486 e. The first-order valence-corrected chi connectivity index (χ1v) is 7.74. The first-order chi connectivity index (χ1) is 11.0. The molecule has 2 heterocycles. The fourth-order valence-corrected chi connectivity index (χ4v) is 2.67. The SMILES string of the molecule is CCCc1nc(C)c(COc2ccc3c(c2)n(C)c(=O)n3C)o1. The minimum Gasteiger partial charge on any atom is -0.486 e. The van der Waals surface area contributed by atoms with E-state index < -0.39 is 0 Å². The normalized spacial score (nSPS) is 11.3. The molecule has 0 aliphatic carbocycles. The van der Waals surface area contributed by atoms with Crippen LogP contribution < -0.4 is 10.4 Å².